The van der Waals surface area contributed by atoms with Gasteiger partial charge in [0.25, 0.3) is 11.8 Å². The first-order valence-corrected chi connectivity index (χ1v) is 7.65. The SMILES string of the molecule is COc1ccc(C(=O)O[C@H](C)C(=O)NNC(=O)c2ccccc2)c(O)c1. The number of phenols is 1. The summed E-state index contributed by atoms with van der Waals surface area (Å²) in [6, 6.07) is 12.3. The molecule has 0 bridgehead atoms. The van der Waals surface area contributed by atoms with Gasteiger partial charge in [-0.3, -0.25) is 20.4 Å². The number of nitrogens with one attached hydrogen (secondary N) is 2. The number of carbonyl (C=O) groups is 3. The molecule has 0 unspecified atom stereocenters. The Morgan fingerprint density at radius 2 is 1.73 bits per heavy atom. The molecular formula is C18H18N2O6. The highest BCUT2D eigenvalue weighted by atomic mass is 16.5. The molecule has 0 aliphatic heterocycles. The third-order valence-electron chi connectivity index (χ3n) is 3.41. The number of aromatic hydroxyl groups is 1. The summed E-state index contributed by atoms with van der Waals surface area (Å²) in [5.74, 6) is -2.09. The molecule has 2 amide bonds. The van der Waals surface area contributed by atoms with E-state index in [4.69, 9.17) is 9.47 Å². The third kappa shape index (κ3) is 4.73. The Hall–Kier alpha value is -3.55. The maximum absolute atomic E-state index is 12.0. The Bertz CT molecular complexity index is 807. The maximum Gasteiger partial charge on any atom is 0.342 e. The van der Waals surface area contributed by atoms with Gasteiger partial charge in [0.15, 0.2) is 6.10 Å². The predicted molar refractivity (Wildman–Crippen MR) is 91.6 cm³/mol. The van der Waals surface area contributed by atoms with E-state index in [1.807, 2.05) is 0 Å². The summed E-state index contributed by atoms with van der Waals surface area (Å²) >= 11 is 0. The number of hydrogen-bond donors (Lipinski definition) is 3. The van der Waals surface area contributed by atoms with Crippen molar-refractivity contribution in [2.24, 2.45) is 0 Å². The monoisotopic (exact) mass is 358 g/mol. The van der Waals surface area contributed by atoms with Crippen LogP contribution in [0.1, 0.15) is 27.6 Å². The maximum atomic E-state index is 12.0. The average molecular weight is 358 g/mol. The smallest absolute Gasteiger partial charge is 0.342 e. The molecule has 0 radical (unpaired) electrons. The van der Waals surface area contributed by atoms with Gasteiger partial charge in [-0.05, 0) is 31.2 Å². The van der Waals surface area contributed by atoms with Crippen LogP contribution in [0.5, 0.6) is 11.5 Å². The molecule has 26 heavy (non-hydrogen) atoms. The van der Waals surface area contributed by atoms with E-state index in [9.17, 15) is 19.5 Å². The molecule has 8 nitrogen and oxygen atoms in total. The van der Waals surface area contributed by atoms with Crippen molar-refractivity contribution in [2.75, 3.05) is 7.11 Å². The highest BCUT2D eigenvalue weighted by Gasteiger charge is 2.21. The van der Waals surface area contributed by atoms with Crippen molar-refractivity contribution in [3.8, 4) is 11.5 Å². The van der Waals surface area contributed by atoms with E-state index in [1.54, 1.807) is 30.3 Å². The lowest BCUT2D eigenvalue weighted by Gasteiger charge is -2.14. The van der Waals surface area contributed by atoms with Crippen LogP contribution in [0.4, 0.5) is 0 Å². The van der Waals surface area contributed by atoms with Gasteiger partial charge in [0.05, 0.1) is 7.11 Å². The number of esters is 1. The van der Waals surface area contributed by atoms with Gasteiger partial charge in [-0.25, -0.2) is 4.79 Å². The van der Waals surface area contributed by atoms with Crippen LogP contribution in [0.25, 0.3) is 0 Å². The van der Waals surface area contributed by atoms with Gasteiger partial charge in [-0.15, -0.1) is 0 Å². The molecule has 0 spiro atoms. The third-order valence-corrected chi connectivity index (χ3v) is 3.41. The van der Waals surface area contributed by atoms with Gasteiger partial charge in [-0.1, -0.05) is 18.2 Å². The summed E-state index contributed by atoms with van der Waals surface area (Å²) in [5.41, 5.74) is 4.64. The minimum absolute atomic E-state index is 0.112. The summed E-state index contributed by atoms with van der Waals surface area (Å²) in [6.07, 6.45) is -1.19. The van der Waals surface area contributed by atoms with Crippen molar-refractivity contribution in [1.82, 2.24) is 10.9 Å². The number of hydrazine groups is 1. The van der Waals surface area contributed by atoms with E-state index in [1.165, 1.54) is 32.2 Å². The normalized spacial score (nSPS) is 11.2. The van der Waals surface area contributed by atoms with Gasteiger partial charge in [0.2, 0.25) is 0 Å². The Kier molecular flexibility index (Phi) is 6.15. The molecule has 0 aliphatic carbocycles. The van der Waals surface area contributed by atoms with E-state index in [-0.39, 0.29) is 11.3 Å². The molecule has 2 aromatic carbocycles. The summed E-state index contributed by atoms with van der Waals surface area (Å²) in [4.78, 5) is 35.8. The molecule has 0 saturated heterocycles. The van der Waals surface area contributed by atoms with Crippen molar-refractivity contribution < 1.29 is 29.0 Å². The number of benzene rings is 2. The van der Waals surface area contributed by atoms with E-state index in [0.29, 0.717) is 11.3 Å². The van der Waals surface area contributed by atoms with Crippen molar-refractivity contribution in [2.45, 2.75) is 13.0 Å². The second-order valence-electron chi connectivity index (χ2n) is 5.24. The van der Waals surface area contributed by atoms with Crippen LogP contribution in [0.15, 0.2) is 48.5 Å². The Morgan fingerprint density at radius 1 is 1.04 bits per heavy atom. The Balaban J connectivity index is 1.90. The van der Waals surface area contributed by atoms with Gasteiger partial charge in [-0.2, -0.15) is 0 Å². The minimum atomic E-state index is -1.19. The fourth-order valence-corrected chi connectivity index (χ4v) is 1.97. The first kappa shape index (κ1) is 18.8. The predicted octanol–water partition coefficient (Wildman–Crippen LogP) is 1.41. The molecule has 2 aromatic rings. The van der Waals surface area contributed by atoms with E-state index < -0.39 is 23.9 Å². The van der Waals surface area contributed by atoms with Gasteiger partial charge < -0.3 is 14.6 Å². The molecule has 8 heteroatoms. The zero-order chi connectivity index (χ0) is 19.1. The molecule has 0 saturated carbocycles. The van der Waals surface area contributed by atoms with E-state index >= 15 is 0 Å². The average Bonchev–Trinajstić information content (AvgIpc) is 2.66. The highest BCUT2D eigenvalue weighted by molar-refractivity contribution is 5.97. The fraction of sp³-hybridized carbons (Fsp3) is 0.167. The summed E-state index contributed by atoms with van der Waals surface area (Å²) in [6.45, 7) is 1.34. The zero-order valence-electron chi connectivity index (χ0n) is 14.2. The molecule has 1 atom stereocenters. The molecule has 0 heterocycles. The molecular weight excluding hydrogens is 340 g/mol. The van der Waals surface area contributed by atoms with Crippen molar-refractivity contribution >= 4 is 17.8 Å². The van der Waals surface area contributed by atoms with Crippen LogP contribution >= 0.6 is 0 Å². The molecule has 0 fully saturated rings. The van der Waals surface area contributed by atoms with Gasteiger partial charge in [0, 0.05) is 11.6 Å². The van der Waals surface area contributed by atoms with E-state index in [0.717, 1.165) is 0 Å². The zero-order valence-corrected chi connectivity index (χ0v) is 14.2. The number of carbonyl (C=O) groups excluding carboxylic acids is 3. The van der Waals surface area contributed by atoms with Crippen molar-refractivity contribution in [3.05, 3.63) is 59.7 Å². The van der Waals surface area contributed by atoms with Crippen LogP contribution in [0.2, 0.25) is 0 Å². The second kappa shape index (κ2) is 8.52. The van der Waals surface area contributed by atoms with E-state index in [2.05, 4.69) is 10.9 Å². The standard InChI is InChI=1S/C18H18N2O6/c1-11(16(22)19-20-17(23)12-6-4-3-5-7-12)26-18(24)14-9-8-13(25-2)10-15(14)21/h3-11,21H,1-2H3,(H,19,22)(H,20,23)/t11-/m1/s1. The minimum Gasteiger partial charge on any atom is -0.507 e. The first-order valence-electron chi connectivity index (χ1n) is 7.65. The van der Waals surface area contributed by atoms with Crippen LogP contribution in [-0.4, -0.2) is 36.1 Å². The lowest BCUT2D eigenvalue weighted by molar-refractivity contribution is -0.129. The molecule has 136 valence electrons. The quantitative estimate of drug-likeness (QED) is 0.550. The molecule has 0 aliphatic rings. The van der Waals surface area contributed by atoms with Crippen LogP contribution in [0.3, 0.4) is 0 Å². The van der Waals surface area contributed by atoms with Crippen LogP contribution < -0.4 is 15.6 Å². The number of rotatable bonds is 5. The molecule has 2 rings (SSSR count). The number of ether oxygens (including phenoxy) is 2. The van der Waals surface area contributed by atoms with Crippen molar-refractivity contribution in [3.63, 3.8) is 0 Å². The Labute approximate surface area is 149 Å². The summed E-state index contributed by atoms with van der Waals surface area (Å²) < 4.78 is 9.91. The lowest BCUT2D eigenvalue weighted by Crippen LogP contribution is -2.46. The number of phenolic OH excluding ortho intramolecular Hbond substituents is 1. The molecule has 0 aromatic heterocycles. The summed E-state index contributed by atoms with van der Waals surface area (Å²) in [5, 5.41) is 9.81. The topological polar surface area (TPSA) is 114 Å². The van der Waals surface area contributed by atoms with Crippen molar-refractivity contribution in [1.29, 1.82) is 0 Å². The molecule has 3 N–H and O–H groups in total. The highest BCUT2D eigenvalue weighted by Crippen LogP contribution is 2.24. The van der Waals surface area contributed by atoms with Gasteiger partial charge >= 0.3 is 5.97 Å². The first-order chi connectivity index (χ1) is 12.4. The number of amides is 2. The second-order valence-corrected chi connectivity index (χ2v) is 5.24. The Morgan fingerprint density at radius 3 is 2.35 bits per heavy atom. The summed E-state index contributed by atoms with van der Waals surface area (Å²) in [7, 11) is 1.42. The van der Waals surface area contributed by atoms with Gasteiger partial charge in [0.1, 0.15) is 17.1 Å². The largest absolute Gasteiger partial charge is 0.507 e. The van der Waals surface area contributed by atoms with Crippen LogP contribution in [-0.2, 0) is 9.53 Å². The van der Waals surface area contributed by atoms with Crippen LogP contribution in [0, 0.1) is 0 Å². The fourth-order valence-electron chi connectivity index (χ4n) is 1.97. The number of hydrogen-bond acceptors (Lipinski definition) is 6. The number of methoxy groups -OCH3 is 1. The lowest BCUT2D eigenvalue weighted by atomic mass is 10.2.